The van der Waals surface area contributed by atoms with Crippen LogP contribution >= 0.6 is 0 Å². The van der Waals surface area contributed by atoms with E-state index in [1.165, 1.54) is 0 Å². The van der Waals surface area contributed by atoms with Gasteiger partial charge in [-0.2, -0.15) is 25.6 Å². The number of hydrogen-bond acceptors (Lipinski definition) is 4. The second kappa shape index (κ2) is 9.36. The van der Waals surface area contributed by atoms with Gasteiger partial charge in [-0.05, 0) is 30.3 Å². The average molecular weight is 283 g/mol. The Labute approximate surface area is 125 Å². The molecule has 0 unspecified atom stereocenters. The quantitative estimate of drug-likeness (QED) is 0.637. The molecule has 0 aliphatic rings. The Kier molecular flexibility index (Phi) is 7.35. The van der Waals surface area contributed by atoms with Gasteiger partial charge in [0.1, 0.15) is 11.0 Å². The highest BCUT2D eigenvalue weighted by atomic mass is 15.3. The summed E-state index contributed by atoms with van der Waals surface area (Å²) in [4.78, 5) is 0. The van der Waals surface area contributed by atoms with Gasteiger partial charge in [-0.15, -0.1) is 0 Å². The van der Waals surface area contributed by atoms with Crippen molar-refractivity contribution in [1.29, 1.82) is 0 Å². The first-order valence-electron chi connectivity index (χ1n) is 7.19. The van der Waals surface area contributed by atoms with Crippen LogP contribution in [-0.2, 0) is 0 Å². The Morgan fingerprint density at radius 3 is 2.05 bits per heavy atom. The smallest absolute Gasteiger partial charge is 0.115 e. The molecule has 0 amide bonds. The van der Waals surface area contributed by atoms with Crippen LogP contribution < -0.4 is 0 Å². The van der Waals surface area contributed by atoms with Gasteiger partial charge in [0.25, 0.3) is 0 Å². The summed E-state index contributed by atoms with van der Waals surface area (Å²) in [5, 5.41) is 18.8. The summed E-state index contributed by atoms with van der Waals surface area (Å²) in [6.45, 7) is 8.00. The number of aromatic amines is 1. The molecule has 3 rings (SSSR count). The number of aromatic nitrogens is 3. The maximum absolute atomic E-state index is 4.15. The molecule has 0 radical (unpaired) electrons. The number of rotatable bonds is 2. The molecule has 0 saturated heterocycles. The number of nitrogens with one attached hydrogen (secondary N) is 1. The van der Waals surface area contributed by atoms with Crippen LogP contribution in [0, 0.1) is 0 Å². The molecule has 110 valence electrons. The van der Waals surface area contributed by atoms with Crippen LogP contribution in [-0.4, -0.2) is 15.4 Å². The third-order valence-corrected chi connectivity index (χ3v) is 2.34. The third-order valence-electron chi connectivity index (χ3n) is 2.34. The van der Waals surface area contributed by atoms with Crippen LogP contribution in [0.3, 0.4) is 0 Å². The van der Waals surface area contributed by atoms with Gasteiger partial charge < -0.3 is 0 Å². The molecule has 0 aliphatic heterocycles. The zero-order chi connectivity index (χ0) is 15.5. The van der Waals surface area contributed by atoms with E-state index in [0.29, 0.717) is 0 Å². The molecule has 0 aliphatic carbocycles. The molecule has 21 heavy (non-hydrogen) atoms. The highest BCUT2D eigenvalue weighted by molar-refractivity contribution is 5.76. The molecule has 5 nitrogen and oxygen atoms in total. The SMILES string of the molecule is CC.CC.c1ccc(N=Nc2ccc3n[nH]nc3c2)cc1. The first kappa shape index (κ1) is 16.5. The lowest BCUT2D eigenvalue weighted by Crippen LogP contribution is -1.68. The lowest BCUT2D eigenvalue weighted by molar-refractivity contribution is 0.959. The molecule has 1 heterocycles. The minimum atomic E-state index is 0.759. The van der Waals surface area contributed by atoms with Crippen LogP contribution in [0.2, 0.25) is 0 Å². The Morgan fingerprint density at radius 1 is 0.714 bits per heavy atom. The van der Waals surface area contributed by atoms with E-state index in [9.17, 15) is 0 Å². The summed E-state index contributed by atoms with van der Waals surface area (Å²) in [6.07, 6.45) is 0. The zero-order valence-corrected chi connectivity index (χ0v) is 12.9. The fraction of sp³-hybridized carbons (Fsp3) is 0.250. The molecule has 0 fully saturated rings. The summed E-state index contributed by atoms with van der Waals surface area (Å²) >= 11 is 0. The maximum Gasteiger partial charge on any atom is 0.115 e. The average Bonchev–Trinajstić information content (AvgIpc) is 3.05. The molecule has 1 aromatic heterocycles. The van der Waals surface area contributed by atoms with Crippen LogP contribution in [0.15, 0.2) is 58.8 Å². The summed E-state index contributed by atoms with van der Waals surface area (Å²) in [5.74, 6) is 0. The Balaban J connectivity index is 0.000000510. The van der Waals surface area contributed by atoms with Gasteiger partial charge in [0.2, 0.25) is 0 Å². The van der Waals surface area contributed by atoms with Crippen LogP contribution in [0.4, 0.5) is 11.4 Å². The van der Waals surface area contributed by atoms with Crippen molar-refractivity contribution >= 4 is 22.4 Å². The Bertz CT molecular complexity index is 658. The number of hydrogen-bond donors (Lipinski definition) is 1. The van der Waals surface area contributed by atoms with Gasteiger partial charge >= 0.3 is 0 Å². The topological polar surface area (TPSA) is 66.3 Å². The van der Waals surface area contributed by atoms with Gasteiger partial charge in [-0.3, -0.25) is 0 Å². The molecule has 0 spiro atoms. The van der Waals surface area contributed by atoms with E-state index in [2.05, 4.69) is 25.6 Å². The largest absolute Gasteiger partial charge is 0.197 e. The zero-order valence-electron chi connectivity index (χ0n) is 12.9. The number of H-pyrrole nitrogens is 1. The van der Waals surface area contributed by atoms with E-state index in [1.807, 2.05) is 76.2 Å². The summed E-state index contributed by atoms with van der Waals surface area (Å²) < 4.78 is 0. The number of benzene rings is 2. The molecule has 0 atom stereocenters. The number of azo groups is 1. The van der Waals surface area contributed by atoms with Gasteiger partial charge in [0.05, 0.1) is 11.4 Å². The van der Waals surface area contributed by atoms with Crippen molar-refractivity contribution < 1.29 is 0 Å². The minimum absolute atomic E-state index is 0.759. The lowest BCUT2D eigenvalue weighted by atomic mass is 10.3. The summed E-state index contributed by atoms with van der Waals surface area (Å²) in [5.41, 5.74) is 3.20. The lowest BCUT2D eigenvalue weighted by Gasteiger charge is -1.92. The molecule has 2 aromatic carbocycles. The third kappa shape index (κ3) is 4.80. The van der Waals surface area contributed by atoms with E-state index in [0.717, 1.165) is 22.4 Å². The van der Waals surface area contributed by atoms with Crippen molar-refractivity contribution in [3.8, 4) is 0 Å². The molecular formula is C16H21N5. The van der Waals surface area contributed by atoms with Crippen molar-refractivity contribution in [3.63, 3.8) is 0 Å². The van der Waals surface area contributed by atoms with Crippen molar-refractivity contribution in [2.75, 3.05) is 0 Å². The standard InChI is InChI=1S/C12H9N5.2C2H6/c1-2-4-9(5-3-1)13-14-10-6-7-11-12(8-10)16-17-15-11;2*1-2/h1-8H,(H,15,16,17);2*1-2H3. The predicted octanol–water partition coefficient (Wildman–Crippen LogP) is 5.43. The van der Waals surface area contributed by atoms with Crippen molar-refractivity contribution in [1.82, 2.24) is 15.4 Å². The molecule has 0 bridgehead atoms. The second-order valence-corrected chi connectivity index (χ2v) is 3.53. The number of nitrogens with zero attached hydrogens (tertiary/aromatic N) is 4. The highest BCUT2D eigenvalue weighted by Gasteiger charge is 1.98. The first-order chi connectivity index (χ1) is 10.4. The molecule has 5 heteroatoms. The van der Waals surface area contributed by atoms with Crippen LogP contribution in [0.25, 0.3) is 11.0 Å². The molecular weight excluding hydrogens is 262 g/mol. The molecule has 3 aromatic rings. The van der Waals surface area contributed by atoms with Gasteiger partial charge in [-0.1, -0.05) is 45.9 Å². The van der Waals surface area contributed by atoms with E-state index >= 15 is 0 Å². The van der Waals surface area contributed by atoms with Crippen LogP contribution in [0.5, 0.6) is 0 Å². The monoisotopic (exact) mass is 283 g/mol. The number of fused-ring (bicyclic) bond motifs is 1. The fourth-order valence-corrected chi connectivity index (χ4v) is 1.50. The highest BCUT2D eigenvalue weighted by Crippen LogP contribution is 2.20. The summed E-state index contributed by atoms with van der Waals surface area (Å²) in [7, 11) is 0. The van der Waals surface area contributed by atoms with E-state index < -0.39 is 0 Å². The Hall–Kier alpha value is -2.56. The second-order valence-electron chi connectivity index (χ2n) is 3.53. The molecule has 1 N–H and O–H groups in total. The van der Waals surface area contributed by atoms with Crippen molar-refractivity contribution in [2.45, 2.75) is 27.7 Å². The van der Waals surface area contributed by atoms with Crippen LogP contribution in [0.1, 0.15) is 27.7 Å². The van der Waals surface area contributed by atoms with Gasteiger partial charge in [-0.25, -0.2) is 0 Å². The van der Waals surface area contributed by atoms with Gasteiger partial charge in [0, 0.05) is 0 Å². The Morgan fingerprint density at radius 2 is 1.33 bits per heavy atom. The summed E-state index contributed by atoms with van der Waals surface area (Å²) in [6, 6.07) is 15.2. The van der Waals surface area contributed by atoms with E-state index in [4.69, 9.17) is 0 Å². The fourth-order valence-electron chi connectivity index (χ4n) is 1.50. The molecule has 0 saturated carbocycles. The van der Waals surface area contributed by atoms with E-state index in [1.54, 1.807) is 0 Å². The first-order valence-corrected chi connectivity index (χ1v) is 7.19. The normalized spacial score (nSPS) is 9.71. The maximum atomic E-state index is 4.15. The van der Waals surface area contributed by atoms with E-state index in [-0.39, 0.29) is 0 Å². The minimum Gasteiger partial charge on any atom is -0.197 e. The van der Waals surface area contributed by atoms with Crippen molar-refractivity contribution in [2.24, 2.45) is 10.2 Å². The van der Waals surface area contributed by atoms with Gasteiger partial charge in [0.15, 0.2) is 0 Å². The predicted molar refractivity (Wildman–Crippen MR) is 87.2 cm³/mol. The van der Waals surface area contributed by atoms with Crippen molar-refractivity contribution in [3.05, 3.63) is 48.5 Å².